The number of rotatable bonds is 41. The third kappa shape index (κ3) is 20.2. The van der Waals surface area contributed by atoms with Gasteiger partial charge in [0, 0.05) is 132 Å². The fourth-order valence-corrected chi connectivity index (χ4v) is 26.5. The third-order valence-corrected chi connectivity index (χ3v) is 33.7. The summed E-state index contributed by atoms with van der Waals surface area (Å²) in [5, 5.41) is 2.54. The van der Waals surface area contributed by atoms with Crippen LogP contribution in [0.2, 0.25) is 0 Å². The van der Waals surface area contributed by atoms with Crippen molar-refractivity contribution in [3.63, 3.8) is 0 Å². The maximum absolute atomic E-state index is 17.6. The first kappa shape index (κ1) is 88.7. The average molecular weight is 1790 g/mol. The van der Waals surface area contributed by atoms with E-state index in [0.717, 1.165) is 158 Å². The molecule has 6 nitrogen and oxygen atoms in total. The third-order valence-electron chi connectivity index (χ3n) is 24.0. The molecule has 8 aromatic heterocycles. The van der Waals surface area contributed by atoms with Crippen molar-refractivity contribution in [2.24, 2.45) is 11.8 Å². The number of halogens is 2. The minimum absolute atomic E-state index is 0.185. The number of unbranched alkanes of at least 4 members (excludes halogenated alkanes) is 12. The maximum atomic E-state index is 17.6. The van der Waals surface area contributed by atoms with Gasteiger partial charge in [-0.2, -0.15) is 0 Å². The van der Waals surface area contributed by atoms with Crippen LogP contribution in [0.1, 0.15) is 192 Å². The van der Waals surface area contributed by atoms with E-state index in [-0.39, 0.29) is 11.1 Å². The van der Waals surface area contributed by atoms with Gasteiger partial charge in [-0.25, -0.2) is 28.7 Å². The predicted octanol–water partition coefficient (Wildman–Crippen LogP) is 36.2. The van der Waals surface area contributed by atoms with Gasteiger partial charge < -0.3 is 9.47 Å². The quantitative estimate of drug-likeness (QED) is 0.0277. The van der Waals surface area contributed by atoms with E-state index in [1.807, 2.05) is 111 Å². The first-order valence-electron chi connectivity index (χ1n) is 45.1. The van der Waals surface area contributed by atoms with Crippen molar-refractivity contribution in [1.29, 1.82) is 0 Å². The Balaban J connectivity index is 0.798. The van der Waals surface area contributed by atoms with Gasteiger partial charge in [-0.05, 0) is 180 Å². The highest BCUT2D eigenvalue weighted by atomic mass is 32.2. The molecule has 2 atom stereocenters. The van der Waals surface area contributed by atoms with E-state index >= 15 is 8.78 Å². The van der Waals surface area contributed by atoms with E-state index in [0.29, 0.717) is 40.3 Å². The molecule has 16 heteroatoms. The first-order valence-corrected chi connectivity index (χ1v) is 52.0. The molecule has 2 unspecified atom stereocenters. The van der Waals surface area contributed by atoms with Gasteiger partial charge in [0.1, 0.15) is 11.5 Å². The molecule has 0 fully saturated rings. The second-order valence-corrected chi connectivity index (χ2v) is 42.7. The molecule has 16 rings (SSSR count). The Morgan fingerprint density at radius 2 is 0.710 bits per heavy atom. The minimum atomic E-state index is -0.906. The Hall–Kier alpha value is -8.68. The highest BCUT2D eigenvalue weighted by Crippen LogP contribution is 2.56. The largest absolute Gasteiger partial charge is 0.494 e. The minimum Gasteiger partial charge on any atom is -0.494 e. The molecule has 0 radical (unpaired) electrons. The van der Waals surface area contributed by atoms with Crippen LogP contribution in [0.4, 0.5) is 8.78 Å². The van der Waals surface area contributed by atoms with E-state index in [9.17, 15) is 0 Å². The second kappa shape index (κ2) is 41.8. The lowest BCUT2D eigenvalue weighted by Gasteiger charge is -2.16. The van der Waals surface area contributed by atoms with Crippen molar-refractivity contribution in [1.82, 2.24) is 19.9 Å². The van der Waals surface area contributed by atoms with Crippen LogP contribution in [0.5, 0.6) is 11.5 Å². The lowest BCUT2D eigenvalue weighted by Crippen LogP contribution is -2.01. The number of nitrogens with zero attached hydrogens (tertiary/aromatic N) is 4. The molecule has 0 aliphatic carbocycles. The highest BCUT2D eigenvalue weighted by Gasteiger charge is 2.29. The van der Waals surface area contributed by atoms with Crippen molar-refractivity contribution in [2.45, 2.75) is 206 Å². The summed E-state index contributed by atoms with van der Waals surface area (Å²) >= 11 is 14.6. The lowest BCUT2D eigenvalue weighted by atomic mass is 9.98. The van der Waals surface area contributed by atoms with Crippen LogP contribution in [0.15, 0.2) is 203 Å². The average Bonchev–Trinajstić information content (AvgIpc) is 1.54. The van der Waals surface area contributed by atoms with Gasteiger partial charge in [0.25, 0.3) is 0 Å². The Morgan fingerprint density at radius 3 is 1.17 bits per heavy atom. The number of thiophene rings is 6. The molecule has 16 aromatic rings. The van der Waals surface area contributed by atoms with Crippen molar-refractivity contribution < 1.29 is 18.3 Å². The van der Waals surface area contributed by atoms with Crippen LogP contribution in [0.25, 0.3) is 160 Å². The standard InChI is InChI=1S/C108H112F2N4O2S8/c1-11-17-21-23-25-27-57-115-77-41-31-39-75(62-77)102-100(73-37-29-33-67(7)59-73)112-104-81(44-43-69(9)99(104)111-102)88-51-49-86(120-88)79-45-46-80(98(110)97(79)109)87-50-52-89(121-87)82-47-48-83(106-105(82)114-103(101(113-106)74-38-30-34-68(8)60-74)76-40-32-42-78(63-76)116-58-28-26-24-22-18-12-2)92-64-85-96(91-54-56-94(123-91)118-66-72(16-6)36-20-14-4)107-84(61-70(10)119-107)95(108(85)124-92)90-53-55-93(122-90)117-65-71(15-5)35-19-13-3/h29-34,37-56,59-64,71-72H,11-28,35-36,57-58,65-66H2,1-10H3. The summed E-state index contributed by atoms with van der Waals surface area (Å²) in [5.74, 6) is 3.40. The highest BCUT2D eigenvalue weighted by molar-refractivity contribution is 8.01. The van der Waals surface area contributed by atoms with Crippen LogP contribution in [-0.2, 0) is 0 Å². The molecule has 0 amide bonds. The maximum Gasteiger partial charge on any atom is 0.168 e. The molecule has 8 heterocycles. The van der Waals surface area contributed by atoms with Crippen LogP contribution < -0.4 is 9.47 Å². The fourth-order valence-electron chi connectivity index (χ4n) is 17.0. The summed E-state index contributed by atoms with van der Waals surface area (Å²) in [6, 6.07) is 68.0. The number of aryl methyl sites for hydroxylation is 4. The Kier molecular flexibility index (Phi) is 29.9. The summed E-state index contributed by atoms with van der Waals surface area (Å²) in [6.07, 6.45) is 24.1. The van der Waals surface area contributed by atoms with Crippen LogP contribution in [0, 0.1) is 51.2 Å². The summed E-state index contributed by atoms with van der Waals surface area (Å²) in [5.41, 5.74) is 18.6. The smallest absolute Gasteiger partial charge is 0.168 e. The zero-order valence-electron chi connectivity index (χ0n) is 73.2. The van der Waals surface area contributed by atoms with Gasteiger partial charge in [0.05, 0.1) is 66.5 Å². The summed E-state index contributed by atoms with van der Waals surface area (Å²) in [7, 11) is 0. The van der Waals surface area contributed by atoms with Gasteiger partial charge in [-0.1, -0.05) is 240 Å². The molecule has 0 aliphatic heterocycles. The molecule has 0 saturated heterocycles. The van der Waals surface area contributed by atoms with Crippen LogP contribution >= 0.6 is 91.5 Å². The molecule has 0 aliphatic rings. The van der Waals surface area contributed by atoms with Crippen molar-refractivity contribution in [2.75, 3.05) is 24.7 Å². The van der Waals surface area contributed by atoms with E-state index in [1.54, 1.807) is 12.1 Å². The fraction of sp³-hybridized carbons (Fsp3) is 0.333. The number of thioether (sulfide) groups is 2. The molecule has 0 bridgehead atoms. The number of benzene rings is 8. The number of hydrogen-bond donors (Lipinski definition) is 0. The number of aromatic nitrogens is 4. The summed E-state index contributed by atoms with van der Waals surface area (Å²) in [4.78, 5) is 30.9. The van der Waals surface area contributed by atoms with Gasteiger partial charge in [-0.3, -0.25) is 0 Å². The zero-order chi connectivity index (χ0) is 85.7. The molecule has 0 N–H and O–H groups in total. The molecule has 638 valence electrons. The Morgan fingerprint density at radius 1 is 0.331 bits per heavy atom. The number of hydrogen-bond acceptors (Lipinski definition) is 14. The van der Waals surface area contributed by atoms with Crippen LogP contribution in [0.3, 0.4) is 0 Å². The van der Waals surface area contributed by atoms with Crippen molar-refractivity contribution in [3.05, 3.63) is 227 Å². The van der Waals surface area contributed by atoms with Gasteiger partial charge in [0.2, 0.25) is 0 Å². The van der Waals surface area contributed by atoms with E-state index in [2.05, 4.69) is 209 Å². The Bertz CT molecular complexity index is 6280. The van der Waals surface area contributed by atoms with Gasteiger partial charge in [-0.15, -0.1) is 91.5 Å². The molecule has 0 saturated carbocycles. The molecule has 8 aromatic carbocycles. The van der Waals surface area contributed by atoms with E-state index < -0.39 is 11.6 Å². The normalized spacial score (nSPS) is 12.3. The topological polar surface area (TPSA) is 70.0 Å². The summed E-state index contributed by atoms with van der Waals surface area (Å²) in [6.45, 7) is 23.7. The zero-order valence-corrected chi connectivity index (χ0v) is 79.8. The van der Waals surface area contributed by atoms with E-state index in [4.69, 9.17) is 29.4 Å². The molecular weight excluding hydrogens is 1680 g/mol. The van der Waals surface area contributed by atoms with Gasteiger partial charge >= 0.3 is 0 Å². The van der Waals surface area contributed by atoms with Crippen molar-refractivity contribution >= 4 is 134 Å². The monoisotopic (exact) mass is 1790 g/mol. The molecule has 0 spiro atoms. The van der Waals surface area contributed by atoms with Crippen LogP contribution in [-0.4, -0.2) is 44.7 Å². The number of ether oxygens (including phenoxy) is 2. The first-order chi connectivity index (χ1) is 60.7. The summed E-state index contributed by atoms with van der Waals surface area (Å²) < 4.78 is 53.4. The molecule has 124 heavy (non-hydrogen) atoms. The molecular formula is C108H112F2N4O2S8. The van der Waals surface area contributed by atoms with Crippen molar-refractivity contribution in [3.8, 4) is 130 Å². The SMILES string of the molecule is CCCCCCCCOc1cccc(-c2nc3c(C)ccc(-c4ccc(-c5ccc(-c6ccc(-c7ccc(-c8cc9c(-c%10ccc(SCC(CC)CCCC)s%10)c%10sc(C)cc%10c(-c%10ccc(SCC(CC)CCCC)s%10)c9s8)c8nc(-c9cccc(C)c9)c(-c9cccc(OCCCCCCCC)c9)nc78)s6)c(F)c5F)s4)c3nc2-c2cccc(C)c2)c1. The number of fused-ring (bicyclic) bond motifs is 4. The van der Waals surface area contributed by atoms with Gasteiger partial charge in [0.15, 0.2) is 11.6 Å². The predicted molar refractivity (Wildman–Crippen MR) is 539 cm³/mol. The second-order valence-electron chi connectivity index (χ2n) is 33.4. The van der Waals surface area contributed by atoms with E-state index in [1.165, 1.54) is 180 Å². The lowest BCUT2D eigenvalue weighted by molar-refractivity contribution is 0.304. The Labute approximate surface area is 764 Å².